The molecule has 3 nitrogen and oxygen atoms in total. The summed E-state index contributed by atoms with van der Waals surface area (Å²) in [4.78, 5) is 2.26. The van der Waals surface area contributed by atoms with Gasteiger partial charge in [0.25, 0.3) is 0 Å². The first-order valence-electron chi connectivity index (χ1n) is 6.63. The summed E-state index contributed by atoms with van der Waals surface area (Å²) in [6, 6.07) is 8.87. The monoisotopic (exact) mass is 249 g/mol. The molecular weight excluding hydrogens is 222 g/mol. The van der Waals surface area contributed by atoms with Crippen molar-refractivity contribution < 1.29 is 0 Å². The van der Waals surface area contributed by atoms with Gasteiger partial charge < -0.3 is 4.90 Å². The average molecular weight is 249 g/mol. The molecule has 1 aromatic carbocycles. The highest BCUT2D eigenvalue weighted by molar-refractivity contribution is 5.23. The summed E-state index contributed by atoms with van der Waals surface area (Å²) >= 11 is 0. The fourth-order valence-electron chi connectivity index (χ4n) is 2.41. The van der Waals surface area contributed by atoms with Crippen LogP contribution in [0.25, 0.3) is 0 Å². The SMILES string of the molecule is CCC(C)(C(Cc1cccc(C)c1)NN)N(C)C. The second kappa shape index (κ2) is 6.32. The van der Waals surface area contributed by atoms with Crippen molar-refractivity contribution in [2.75, 3.05) is 14.1 Å². The number of hydrazine groups is 1. The smallest absolute Gasteiger partial charge is 0.0432 e. The Hall–Kier alpha value is -0.900. The lowest BCUT2D eigenvalue weighted by atomic mass is 9.84. The van der Waals surface area contributed by atoms with Crippen LogP contribution in [0, 0.1) is 6.92 Å². The molecule has 0 aliphatic rings. The van der Waals surface area contributed by atoms with E-state index in [2.05, 4.69) is 69.5 Å². The third-order valence-corrected chi connectivity index (χ3v) is 4.21. The van der Waals surface area contributed by atoms with E-state index in [1.54, 1.807) is 0 Å². The van der Waals surface area contributed by atoms with Gasteiger partial charge in [0, 0.05) is 11.6 Å². The molecule has 0 saturated heterocycles. The molecule has 0 heterocycles. The highest BCUT2D eigenvalue weighted by Gasteiger charge is 2.34. The zero-order valence-corrected chi connectivity index (χ0v) is 12.3. The highest BCUT2D eigenvalue weighted by Crippen LogP contribution is 2.23. The van der Waals surface area contributed by atoms with Crippen LogP contribution in [0.4, 0.5) is 0 Å². The van der Waals surface area contributed by atoms with E-state index in [0.717, 1.165) is 12.8 Å². The van der Waals surface area contributed by atoms with Gasteiger partial charge in [0.1, 0.15) is 0 Å². The summed E-state index contributed by atoms with van der Waals surface area (Å²) < 4.78 is 0. The molecule has 0 saturated carbocycles. The van der Waals surface area contributed by atoms with Gasteiger partial charge in [0.2, 0.25) is 0 Å². The lowest BCUT2D eigenvalue weighted by Crippen LogP contribution is -2.59. The van der Waals surface area contributed by atoms with Crippen molar-refractivity contribution in [3.05, 3.63) is 35.4 Å². The number of hydrogen-bond donors (Lipinski definition) is 2. The van der Waals surface area contributed by atoms with E-state index in [1.807, 2.05) is 0 Å². The first-order valence-corrected chi connectivity index (χ1v) is 6.63. The Balaban J connectivity index is 2.90. The molecule has 18 heavy (non-hydrogen) atoms. The zero-order chi connectivity index (χ0) is 13.8. The van der Waals surface area contributed by atoms with Crippen molar-refractivity contribution in [1.29, 1.82) is 0 Å². The van der Waals surface area contributed by atoms with Gasteiger partial charge in [-0.05, 0) is 46.3 Å². The molecular formula is C15H27N3. The topological polar surface area (TPSA) is 41.3 Å². The molecule has 0 bridgehead atoms. The Morgan fingerprint density at radius 2 is 2.06 bits per heavy atom. The average Bonchev–Trinajstić information content (AvgIpc) is 2.34. The van der Waals surface area contributed by atoms with Gasteiger partial charge in [-0.2, -0.15) is 0 Å². The minimum absolute atomic E-state index is 0.0541. The first kappa shape index (κ1) is 15.2. The third kappa shape index (κ3) is 3.31. The van der Waals surface area contributed by atoms with Crippen molar-refractivity contribution in [2.45, 2.75) is 45.2 Å². The van der Waals surface area contributed by atoms with Crippen LogP contribution in [0.1, 0.15) is 31.4 Å². The molecule has 0 radical (unpaired) electrons. The summed E-state index contributed by atoms with van der Waals surface area (Å²) in [6.07, 6.45) is 2.00. The molecule has 0 fully saturated rings. The number of aryl methyl sites for hydroxylation is 1. The van der Waals surface area contributed by atoms with Crippen LogP contribution in [0.3, 0.4) is 0 Å². The standard InChI is InChI=1S/C15H27N3/c1-6-15(3,18(4)5)14(17-16)11-13-9-7-8-12(2)10-13/h7-10,14,17H,6,11,16H2,1-5H3. The van der Waals surface area contributed by atoms with Gasteiger partial charge in [0.15, 0.2) is 0 Å². The molecule has 0 aliphatic carbocycles. The van der Waals surface area contributed by atoms with Crippen LogP contribution in [0.15, 0.2) is 24.3 Å². The van der Waals surface area contributed by atoms with Crippen molar-refractivity contribution in [3.63, 3.8) is 0 Å². The number of nitrogens with two attached hydrogens (primary N) is 1. The van der Waals surface area contributed by atoms with Crippen LogP contribution < -0.4 is 11.3 Å². The second-order valence-electron chi connectivity index (χ2n) is 5.52. The van der Waals surface area contributed by atoms with E-state index in [0.29, 0.717) is 0 Å². The molecule has 2 unspecified atom stereocenters. The van der Waals surface area contributed by atoms with Crippen LogP contribution in [0.2, 0.25) is 0 Å². The third-order valence-electron chi connectivity index (χ3n) is 4.21. The van der Waals surface area contributed by atoms with E-state index < -0.39 is 0 Å². The van der Waals surface area contributed by atoms with Gasteiger partial charge in [0.05, 0.1) is 0 Å². The number of benzene rings is 1. The number of nitrogens with zero attached hydrogens (tertiary/aromatic N) is 1. The summed E-state index contributed by atoms with van der Waals surface area (Å²) in [5.41, 5.74) is 5.69. The van der Waals surface area contributed by atoms with Gasteiger partial charge in [-0.15, -0.1) is 0 Å². The van der Waals surface area contributed by atoms with Crippen LogP contribution in [-0.4, -0.2) is 30.6 Å². The minimum atomic E-state index is 0.0541. The van der Waals surface area contributed by atoms with Gasteiger partial charge in [-0.1, -0.05) is 36.8 Å². The van der Waals surface area contributed by atoms with E-state index >= 15 is 0 Å². The second-order valence-corrected chi connectivity index (χ2v) is 5.52. The zero-order valence-electron chi connectivity index (χ0n) is 12.3. The lowest BCUT2D eigenvalue weighted by molar-refractivity contribution is 0.112. The van der Waals surface area contributed by atoms with Crippen LogP contribution >= 0.6 is 0 Å². The summed E-state index contributed by atoms with van der Waals surface area (Å²) in [6.45, 7) is 6.59. The molecule has 0 aromatic heterocycles. The predicted molar refractivity (Wildman–Crippen MR) is 78.4 cm³/mol. The van der Waals surface area contributed by atoms with Gasteiger partial charge >= 0.3 is 0 Å². The maximum absolute atomic E-state index is 5.78. The van der Waals surface area contributed by atoms with E-state index in [9.17, 15) is 0 Å². The molecule has 3 heteroatoms. The van der Waals surface area contributed by atoms with Crippen LogP contribution in [0.5, 0.6) is 0 Å². The Kier molecular flexibility index (Phi) is 5.32. The van der Waals surface area contributed by atoms with E-state index in [4.69, 9.17) is 5.84 Å². The summed E-state index contributed by atoms with van der Waals surface area (Å²) in [5, 5.41) is 0. The fourth-order valence-corrected chi connectivity index (χ4v) is 2.41. The molecule has 0 aliphatic heterocycles. The summed E-state index contributed by atoms with van der Waals surface area (Å²) in [5.74, 6) is 5.78. The Morgan fingerprint density at radius 3 is 2.50 bits per heavy atom. The van der Waals surface area contributed by atoms with Crippen molar-refractivity contribution in [2.24, 2.45) is 5.84 Å². The molecule has 0 amide bonds. The quantitative estimate of drug-likeness (QED) is 0.599. The normalized spacial score (nSPS) is 16.6. The minimum Gasteiger partial charge on any atom is -0.302 e. The maximum atomic E-state index is 5.78. The lowest BCUT2D eigenvalue weighted by Gasteiger charge is -2.42. The largest absolute Gasteiger partial charge is 0.302 e. The molecule has 1 aromatic rings. The Bertz CT molecular complexity index is 376. The molecule has 1 rings (SSSR count). The van der Waals surface area contributed by atoms with E-state index in [1.165, 1.54) is 11.1 Å². The van der Waals surface area contributed by atoms with Crippen molar-refractivity contribution in [1.82, 2.24) is 10.3 Å². The van der Waals surface area contributed by atoms with Gasteiger partial charge in [-0.25, -0.2) is 0 Å². The Labute approximate surface area is 111 Å². The van der Waals surface area contributed by atoms with Crippen LogP contribution in [-0.2, 0) is 6.42 Å². The number of likely N-dealkylation sites (N-methyl/N-ethyl adjacent to an activating group) is 1. The fraction of sp³-hybridized carbons (Fsp3) is 0.600. The van der Waals surface area contributed by atoms with Gasteiger partial charge in [-0.3, -0.25) is 11.3 Å². The van der Waals surface area contributed by atoms with E-state index in [-0.39, 0.29) is 11.6 Å². The first-order chi connectivity index (χ1) is 8.43. The number of nitrogens with one attached hydrogen (secondary N) is 1. The number of rotatable bonds is 6. The molecule has 3 N–H and O–H groups in total. The molecule has 102 valence electrons. The highest BCUT2D eigenvalue weighted by atomic mass is 15.3. The molecule has 0 spiro atoms. The summed E-state index contributed by atoms with van der Waals surface area (Å²) in [7, 11) is 4.23. The Morgan fingerprint density at radius 1 is 1.39 bits per heavy atom. The molecule has 2 atom stereocenters. The maximum Gasteiger partial charge on any atom is 0.0432 e. The number of hydrogen-bond acceptors (Lipinski definition) is 3. The predicted octanol–water partition coefficient (Wildman–Crippen LogP) is 2.10. The van der Waals surface area contributed by atoms with Crippen molar-refractivity contribution in [3.8, 4) is 0 Å². The van der Waals surface area contributed by atoms with Crippen molar-refractivity contribution >= 4 is 0 Å².